The highest BCUT2D eigenvalue weighted by Crippen LogP contribution is 2.55. The molecule has 3 rings (SSSR count). The van der Waals surface area contributed by atoms with E-state index in [-0.39, 0.29) is 15.8 Å². The van der Waals surface area contributed by atoms with Crippen LogP contribution in [0.3, 0.4) is 0 Å². The van der Waals surface area contributed by atoms with Crippen LogP contribution in [0.4, 0.5) is 0 Å². The predicted molar refractivity (Wildman–Crippen MR) is 95.9 cm³/mol. The fraction of sp³-hybridized carbons (Fsp3) is 0.667. The zero-order chi connectivity index (χ0) is 13.9. The second kappa shape index (κ2) is 6.89. The smallest absolute Gasteiger partial charge is 0.0161 e. The molecule has 2 aliphatic heterocycles. The first-order valence-corrected chi connectivity index (χ1v) is 11.7. The monoisotopic (exact) mass is 306 g/mol. The van der Waals surface area contributed by atoms with Crippen molar-refractivity contribution in [2.24, 2.45) is 0 Å². The van der Waals surface area contributed by atoms with E-state index >= 15 is 0 Å². The number of hydrogen-bond donors (Lipinski definition) is 0. The second-order valence-corrected chi connectivity index (χ2v) is 11.5. The molecule has 0 spiro atoms. The first-order chi connectivity index (χ1) is 9.85. The summed E-state index contributed by atoms with van der Waals surface area (Å²) in [4.78, 5) is 0. The van der Waals surface area contributed by atoms with Crippen molar-refractivity contribution in [1.29, 1.82) is 0 Å². The quantitative estimate of drug-likeness (QED) is 0.683. The predicted octanol–water partition coefficient (Wildman–Crippen LogP) is 5.05. The van der Waals surface area contributed by atoms with Crippen molar-refractivity contribution in [2.45, 2.75) is 63.7 Å². The molecule has 1 aromatic rings. The van der Waals surface area contributed by atoms with Crippen LogP contribution >= 0.6 is 15.8 Å². The molecule has 2 saturated heterocycles. The lowest BCUT2D eigenvalue weighted by molar-refractivity contribution is 0.756. The lowest BCUT2D eigenvalue weighted by atomic mass is 10.2. The van der Waals surface area contributed by atoms with Gasteiger partial charge in [-0.1, -0.05) is 54.0 Å². The molecule has 0 saturated carbocycles. The van der Waals surface area contributed by atoms with Crippen molar-refractivity contribution in [1.82, 2.24) is 0 Å². The van der Waals surface area contributed by atoms with Crippen molar-refractivity contribution < 1.29 is 0 Å². The molecule has 4 unspecified atom stereocenters. The van der Waals surface area contributed by atoms with Gasteiger partial charge in [0.2, 0.25) is 0 Å². The van der Waals surface area contributed by atoms with Crippen molar-refractivity contribution in [3.63, 3.8) is 0 Å². The molecule has 1 aromatic carbocycles. The van der Waals surface area contributed by atoms with Crippen LogP contribution in [0.5, 0.6) is 0 Å². The van der Waals surface area contributed by atoms with Gasteiger partial charge in [-0.3, -0.25) is 0 Å². The van der Waals surface area contributed by atoms with E-state index in [1.54, 1.807) is 0 Å². The molecule has 0 aromatic heterocycles. The van der Waals surface area contributed by atoms with Gasteiger partial charge in [0.05, 0.1) is 0 Å². The maximum atomic E-state index is 2.50. The summed E-state index contributed by atoms with van der Waals surface area (Å²) in [6, 6.07) is 9.61. The van der Waals surface area contributed by atoms with Gasteiger partial charge in [-0.25, -0.2) is 0 Å². The first-order valence-electron chi connectivity index (χ1n) is 8.47. The summed E-state index contributed by atoms with van der Waals surface area (Å²) in [6.45, 7) is 4.81. The summed E-state index contributed by atoms with van der Waals surface area (Å²) in [5.41, 5.74) is 2.03. The largest absolute Gasteiger partial charge is 0.0715 e. The third-order valence-electron chi connectivity index (χ3n) is 5.20. The fourth-order valence-electron chi connectivity index (χ4n) is 4.10. The molecule has 2 aliphatic rings. The number of benzene rings is 1. The minimum Gasteiger partial charge on any atom is -0.0715 e. The Balaban J connectivity index is 1.92. The van der Waals surface area contributed by atoms with Crippen LogP contribution in [0.25, 0.3) is 0 Å². The maximum absolute atomic E-state index is 2.50. The van der Waals surface area contributed by atoms with E-state index in [0.29, 0.717) is 0 Å². The van der Waals surface area contributed by atoms with Crippen molar-refractivity contribution >= 4 is 26.5 Å². The van der Waals surface area contributed by atoms with Gasteiger partial charge in [0.1, 0.15) is 0 Å². The Labute approximate surface area is 127 Å². The molecule has 0 nitrogen and oxygen atoms in total. The average molecular weight is 306 g/mol. The molecule has 0 N–H and O–H groups in total. The average Bonchev–Trinajstić information content (AvgIpc) is 3.15. The van der Waals surface area contributed by atoms with Crippen molar-refractivity contribution in [2.75, 3.05) is 12.3 Å². The van der Waals surface area contributed by atoms with E-state index < -0.39 is 0 Å². The SMILES string of the molecule is CCC1CCCP1c1ccccc1P1CCCC1CC. The standard InChI is InChI=1S/C18H28P2/c1-3-15-9-7-13-19(15)17-11-5-6-12-18(17)20-14-8-10-16(20)4-2/h5-6,11-12,15-16H,3-4,7-10,13-14H2,1-2H3. The summed E-state index contributed by atoms with van der Waals surface area (Å²) in [5.74, 6) is 0. The summed E-state index contributed by atoms with van der Waals surface area (Å²) in [7, 11) is 0.303. The summed E-state index contributed by atoms with van der Waals surface area (Å²) in [6.07, 6.45) is 11.7. The molecule has 2 fully saturated rings. The Morgan fingerprint density at radius 3 is 1.70 bits per heavy atom. The molecule has 2 heteroatoms. The van der Waals surface area contributed by atoms with Crippen molar-refractivity contribution in [3.8, 4) is 0 Å². The molecule has 0 amide bonds. The Morgan fingerprint density at radius 1 is 0.850 bits per heavy atom. The second-order valence-electron chi connectivity index (χ2n) is 6.28. The van der Waals surface area contributed by atoms with Crippen LogP contribution in [0.2, 0.25) is 0 Å². The van der Waals surface area contributed by atoms with Gasteiger partial charge in [0.25, 0.3) is 0 Å². The number of rotatable bonds is 4. The van der Waals surface area contributed by atoms with E-state index in [9.17, 15) is 0 Å². The summed E-state index contributed by atoms with van der Waals surface area (Å²) in [5, 5.41) is 3.64. The van der Waals surface area contributed by atoms with Gasteiger partial charge >= 0.3 is 0 Å². The van der Waals surface area contributed by atoms with Crippen LogP contribution in [0, 0.1) is 0 Å². The number of hydrogen-bond acceptors (Lipinski definition) is 0. The molecule has 0 radical (unpaired) electrons. The van der Waals surface area contributed by atoms with Crippen LogP contribution in [-0.2, 0) is 0 Å². The molecule has 0 bridgehead atoms. The topological polar surface area (TPSA) is 0 Å². The fourth-order valence-corrected chi connectivity index (χ4v) is 11.1. The minimum atomic E-state index is 0.151. The highest BCUT2D eigenvalue weighted by Gasteiger charge is 2.33. The molecule has 110 valence electrons. The zero-order valence-corrected chi connectivity index (χ0v) is 14.8. The van der Waals surface area contributed by atoms with E-state index in [1.807, 2.05) is 10.6 Å². The Morgan fingerprint density at radius 2 is 1.30 bits per heavy atom. The van der Waals surface area contributed by atoms with Gasteiger partial charge in [-0.05, 0) is 72.8 Å². The van der Waals surface area contributed by atoms with E-state index in [2.05, 4.69) is 38.1 Å². The molecular weight excluding hydrogens is 278 g/mol. The van der Waals surface area contributed by atoms with Gasteiger partial charge in [-0.15, -0.1) is 0 Å². The molecular formula is C18H28P2. The van der Waals surface area contributed by atoms with Crippen LogP contribution in [-0.4, -0.2) is 23.6 Å². The maximum Gasteiger partial charge on any atom is -0.0161 e. The third kappa shape index (κ3) is 2.84. The van der Waals surface area contributed by atoms with E-state index in [1.165, 1.54) is 50.8 Å². The van der Waals surface area contributed by atoms with Gasteiger partial charge in [0, 0.05) is 0 Å². The van der Waals surface area contributed by atoms with Gasteiger partial charge < -0.3 is 0 Å². The molecule has 4 atom stereocenters. The zero-order valence-electron chi connectivity index (χ0n) is 13.0. The lowest BCUT2D eigenvalue weighted by Gasteiger charge is -2.27. The highest BCUT2D eigenvalue weighted by molar-refractivity contribution is 7.73. The molecule has 2 heterocycles. The summed E-state index contributed by atoms with van der Waals surface area (Å²) < 4.78 is 0. The molecule has 20 heavy (non-hydrogen) atoms. The third-order valence-corrected chi connectivity index (χ3v) is 12.0. The lowest BCUT2D eigenvalue weighted by Crippen LogP contribution is -2.26. The van der Waals surface area contributed by atoms with Crippen LogP contribution in [0.15, 0.2) is 24.3 Å². The Bertz CT molecular complexity index is 402. The first kappa shape index (κ1) is 15.0. The Kier molecular flexibility index (Phi) is 5.17. The van der Waals surface area contributed by atoms with E-state index in [0.717, 1.165) is 11.3 Å². The Hall–Kier alpha value is 0.0800. The molecule has 0 aliphatic carbocycles. The van der Waals surface area contributed by atoms with E-state index in [4.69, 9.17) is 0 Å². The highest BCUT2D eigenvalue weighted by atomic mass is 31.1. The minimum absolute atomic E-state index is 0.151. The van der Waals surface area contributed by atoms with Crippen LogP contribution in [0.1, 0.15) is 52.4 Å². The van der Waals surface area contributed by atoms with Crippen molar-refractivity contribution in [3.05, 3.63) is 24.3 Å². The van der Waals surface area contributed by atoms with Gasteiger partial charge in [-0.2, -0.15) is 0 Å². The summed E-state index contributed by atoms with van der Waals surface area (Å²) >= 11 is 0. The normalized spacial score (nSPS) is 33.7. The van der Waals surface area contributed by atoms with Crippen LogP contribution < -0.4 is 10.6 Å². The van der Waals surface area contributed by atoms with Gasteiger partial charge in [0.15, 0.2) is 0 Å².